The van der Waals surface area contributed by atoms with Gasteiger partial charge in [-0.2, -0.15) is 4.98 Å². The summed E-state index contributed by atoms with van der Waals surface area (Å²) in [6.07, 6.45) is 0. The molecule has 0 saturated carbocycles. The normalized spacial score (nSPS) is 18.8. The first-order valence-corrected chi connectivity index (χ1v) is 6.45. The number of hydrogen-bond donors (Lipinski definition) is 1. The van der Waals surface area contributed by atoms with Gasteiger partial charge >= 0.3 is 5.97 Å². The van der Waals surface area contributed by atoms with Crippen LogP contribution in [0, 0.1) is 6.92 Å². The summed E-state index contributed by atoms with van der Waals surface area (Å²) in [5.41, 5.74) is 1.94. The van der Waals surface area contributed by atoms with Gasteiger partial charge in [0.05, 0.1) is 12.5 Å². The summed E-state index contributed by atoms with van der Waals surface area (Å²) in [4.78, 5) is 17.6. The predicted octanol–water partition coefficient (Wildman–Crippen LogP) is 1.56. The zero-order valence-corrected chi connectivity index (χ0v) is 11.1. The number of rotatable bonds is 3. The highest BCUT2D eigenvalue weighted by molar-refractivity contribution is 5.77. The van der Waals surface area contributed by atoms with Crippen molar-refractivity contribution < 1.29 is 14.4 Å². The molecule has 0 spiro atoms. The third kappa shape index (κ3) is 2.42. The predicted molar refractivity (Wildman–Crippen MR) is 70.0 cm³/mol. The maximum atomic E-state index is 11.4. The molecule has 2 aromatic rings. The first-order valence-electron chi connectivity index (χ1n) is 6.45. The summed E-state index contributed by atoms with van der Waals surface area (Å²) < 4.78 is 5.10. The molecule has 1 aromatic carbocycles. The van der Waals surface area contributed by atoms with Gasteiger partial charge in [-0.15, -0.1) is 0 Å². The Morgan fingerprint density at radius 1 is 1.50 bits per heavy atom. The average Bonchev–Trinajstić information content (AvgIpc) is 2.83. The van der Waals surface area contributed by atoms with Crippen LogP contribution in [0.1, 0.15) is 28.8 Å². The second-order valence-corrected chi connectivity index (χ2v) is 4.99. The second-order valence-electron chi connectivity index (χ2n) is 4.99. The highest BCUT2D eigenvalue weighted by atomic mass is 16.5. The van der Waals surface area contributed by atoms with Gasteiger partial charge in [0, 0.05) is 13.1 Å². The van der Waals surface area contributed by atoms with E-state index in [-0.39, 0.29) is 0 Å². The topological polar surface area (TPSA) is 79.5 Å². The Kier molecular flexibility index (Phi) is 3.23. The minimum Gasteiger partial charge on any atom is -0.481 e. The van der Waals surface area contributed by atoms with Crippen molar-refractivity contribution in [2.24, 2.45) is 0 Å². The largest absolute Gasteiger partial charge is 0.481 e. The van der Waals surface area contributed by atoms with Crippen LogP contribution in [0.15, 0.2) is 28.8 Å². The lowest BCUT2D eigenvalue weighted by Crippen LogP contribution is -2.36. The number of nitrogens with zero attached hydrogens (tertiary/aromatic N) is 3. The van der Waals surface area contributed by atoms with Gasteiger partial charge < -0.3 is 9.63 Å². The molecule has 6 nitrogen and oxygen atoms in total. The van der Waals surface area contributed by atoms with Gasteiger partial charge in [0.2, 0.25) is 5.89 Å². The van der Waals surface area contributed by atoms with Gasteiger partial charge in [-0.1, -0.05) is 29.4 Å². The lowest BCUT2D eigenvalue weighted by atomic mass is 9.90. The van der Waals surface area contributed by atoms with Crippen LogP contribution < -0.4 is 0 Å². The number of aromatic nitrogens is 2. The molecule has 0 aliphatic carbocycles. The lowest BCUT2D eigenvalue weighted by Gasteiger charge is -2.31. The number of carbonyl (C=O) groups is 1. The molecule has 0 saturated heterocycles. The summed E-state index contributed by atoms with van der Waals surface area (Å²) in [7, 11) is 0. The number of benzene rings is 1. The highest BCUT2D eigenvalue weighted by Crippen LogP contribution is 2.29. The molecule has 1 aromatic heterocycles. The van der Waals surface area contributed by atoms with Gasteiger partial charge in [0.15, 0.2) is 5.82 Å². The van der Waals surface area contributed by atoms with Crippen molar-refractivity contribution in [2.45, 2.75) is 25.9 Å². The van der Waals surface area contributed by atoms with E-state index in [9.17, 15) is 9.90 Å². The minimum atomic E-state index is -0.802. The van der Waals surface area contributed by atoms with E-state index in [1.54, 1.807) is 6.92 Å². The summed E-state index contributed by atoms with van der Waals surface area (Å²) in [5, 5.41) is 13.1. The fourth-order valence-corrected chi connectivity index (χ4v) is 2.61. The van der Waals surface area contributed by atoms with Crippen LogP contribution in [0.4, 0.5) is 0 Å². The Labute approximate surface area is 116 Å². The molecule has 0 amide bonds. The molecule has 1 unspecified atom stereocenters. The molecule has 1 N–H and O–H groups in total. The first-order chi connectivity index (χ1) is 9.63. The van der Waals surface area contributed by atoms with E-state index < -0.39 is 11.9 Å². The Bertz CT molecular complexity index is 638. The van der Waals surface area contributed by atoms with Crippen molar-refractivity contribution in [1.29, 1.82) is 0 Å². The van der Waals surface area contributed by atoms with Crippen LogP contribution >= 0.6 is 0 Å². The fourth-order valence-electron chi connectivity index (χ4n) is 2.61. The fraction of sp³-hybridized carbons (Fsp3) is 0.357. The van der Waals surface area contributed by atoms with Crippen molar-refractivity contribution >= 4 is 5.97 Å². The van der Waals surface area contributed by atoms with Crippen molar-refractivity contribution in [3.63, 3.8) is 0 Å². The smallest absolute Gasteiger partial charge is 0.312 e. The van der Waals surface area contributed by atoms with E-state index in [2.05, 4.69) is 10.1 Å². The third-order valence-corrected chi connectivity index (χ3v) is 3.49. The summed E-state index contributed by atoms with van der Waals surface area (Å²) in [6, 6.07) is 7.67. The van der Waals surface area contributed by atoms with Gasteiger partial charge in [-0.05, 0) is 18.1 Å². The molecule has 3 rings (SSSR count). The van der Waals surface area contributed by atoms with Gasteiger partial charge in [-0.3, -0.25) is 9.69 Å². The Morgan fingerprint density at radius 2 is 2.30 bits per heavy atom. The zero-order valence-electron chi connectivity index (χ0n) is 11.1. The molecular formula is C14H15N3O3. The number of carboxylic acid groups (broad SMARTS) is 1. The van der Waals surface area contributed by atoms with Crippen LogP contribution in [-0.4, -0.2) is 32.7 Å². The Balaban J connectivity index is 1.84. The standard InChI is InChI=1S/C14H15N3O3/c1-9-15-13(20-16-9)8-17-6-10-4-2-3-5-11(10)12(7-17)14(18)19/h2-5,12H,6-8H2,1H3,(H,18,19). The highest BCUT2D eigenvalue weighted by Gasteiger charge is 2.30. The maximum Gasteiger partial charge on any atom is 0.312 e. The molecule has 104 valence electrons. The molecule has 1 atom stereocenters. The number of aryl methyl sites for hydroxylation is 1. The van der Waals surface area contributed by atoms with Crippen LogP contribution in [0.25, 0.3) is 0 Å². The first kappa shape index (κ1) is 12.8. The van der Waals surface area contributed by atoms with Gasteiger partial charge in [-0.25, -0.2) is 0 Å². The van der Waals surface area contributed by atoms with E-state index in [1.165, 1.54) is 0 Å². The average molecular weight is 273 g/mol. The molecule has 0 bridgehead atoms. The van der Waals surface area contributed by atoms with Crippen LogP contribution in [0.3, 0.4) is 0 Å². The number of hydrogen-bond acceptors (Lipinski definition) is 5. The van der Waals surface area contributed by atoms with E-state index in [0.29, 0.717) is 31.3 Å². The van der Waals surface area contributed by atoms with E-state index in [1.807, 2.05) is 29.2 Å². The number of carboxylic acids is 1. The molecule has 6 heteroatoms. The summed E-state index contributed by atoms with van der Waals surface area (Å²) >= 11 is 0. The molecule has 0 radical (unpaired) electrons. The molecule has 0 fully saturated rings. The number of fused-ring (bicyclic) bond motifs is 1. The van der Waals surface area contributed by atoms with Crippen molar-refractivity contribution in [2.75, 3.05) is 6.54 Å². The molecule has 20 heavy (non-hydrogen) atoms. The molecule has 1 aliphatic heterocycles. The quantitative estimate of drug-likeness (QED) is 0.914. The SMILES string of the molecule is Cc1noc(CN2Cc3ccccc3C(C(=O)O)C2)n1. The number of aliphatic carboxylic acids is 1. The van der Waals surface area contributed by atoms with Crippen molar-refractivity contribution in [1.82, 2.24) is 15.0 Å². The maximum absolute atomic E-state index is 11.4. The van der Waals surface area contributed by atoms with Crippen LogP contribution in [0.2, 0.25) is 0 Å². The minimum absolute atomic E-state index is 0.452. The van der Waals surface area contributed by atoms with Crippen LogP contribution in [-0.2, 0) is 17.9 Å². The van der Waals surface area contributed by atoms with Crippen molar-refractivity contribution in [3.8, 4) is 0 Å². The molecule has 2 heterocycles. The van der Waals surface area contributed by atoms with E-state index in [0.717, 1.165) is 11.1 Å². The van der Waals surface area contributed by atoms with Crippen LogP contribution in [0.5, 0.6) is 0 Å². The van der Waals surface area contributed by atoms with E-state index in [4.69, 9.17) is 4.52 Å². The van der Waals surface area contributed by atoms with Gasteiger partial charge in [0.25, 0.3) is 0 Å². The Morgan fingerprint density at radius 3 is 3.00 bits per heavy atom. The van der Waals surface area contributed by atoms with Gasteiger partial charge in [0.1, 0.15) is 0 Å². The zero-order chi connectivity index (χ0) is 14.1. The second kappa shape index (κ2) is 5.05. The molecular weight excluding hydrogens is 258 g/mol. The lowest BCUT2D eigenvalue weighted by molar-refractivity contribution is -0.139. The summed E-state index contributed by atoms with van der Waals surface area (Å²) in [5.74, 6) is -0.203. The third-order valence-electron chi connectivity index (χ3n) is 3.49. The van der Waals surface area contributed by atoms with Crippen molar-refractivity contribution in [3.05, 3.63) is 47.1 Å². The molecule has 1 aliphatic rings. The van der Waals surface area contributed by atoms with E-state index >= 15 is 0 Å². The Hall–Kier alpha value is -2.21. The monoisotopic (exact) mass is 273 g/mol. The summed E-state index contributed by atoms with van der Waals surface area (Å²) in [6.45, 7) is 3.38.